The first-order chi connectivity index (χ1) is 13.1. The molecule has 6 nitrogen and oxygen atoms in total. The molecule has 0 bridgehead atoms. The summed E-state index contributed by atoms with van der Waals surface area (Å²) >= 11 is 7.53. The maximum atomic E-state index is 6.03. The van der Waals surface area contributed by atoms with Gasteiger partial charge in [-0.25, -0.2) is 4.98 Å². The zero-order chi connectivity index (χ0) is 18.8. The minimum atomic E-state index is 0.543. The van der Waals surface area contributed by atoms with Gasteiger partial charge in [0, 0.05) is 16.3 Å². The van der Waals surface area contributed by atoms with E-state index in [1.165, 1.54) is 22.9 Å². The number of tetrazole rings is 1. The molecule has 0 aliphatic rings. The van der Waals surface area contributed by atoms with Crippen LogP contribution in [-0.4, -0.2) is 25.2 Å². The molecule has 0 aliphatic carbocycles. The van der Waals surface area contributed by atoms with E-state index in [1.807, 2.05) is 30.3 Å². The van der Waals surface area contributed by atoms with Gasteiger partial charge in [-0.15, -0.1) is 5.10 Å². The molecule has 0 amide bonds. The normalized spacial score (nSPS) is 11.1. The zero-order valence-corrected chi connectivity index (χ0v) is 16.3. The van der Waals surface area contributed by atoms with Crippen LogP contribution in [0.4, 0.5) is 0 Å². The van der Waals surface area contributed by atoms with Gasteiger partial charge >= 0.3 is 0 Å². The SMILES string of the molecule is Cc1ccc(-n2nnnc2SCc2coc(-c3cccc(Cl)c3)n2)cc1C. The number of thioether (sulfide) groups is 1. The Kier molecular flexibility index (Phi) is 4.96. The van der Waals surface area contributed by atoms with E-state index in [2.05, 4.69) is 46.5 Å². The van der Waals surface area contributed by atoms with E-state index in [0.29, 0.717) is 21.8 Å². The van der Waals surface area contributed by atoms with E-state index in [9.17, 15) is 0 Å². The van der Waals surface area contributed by atoms with Gasteiger partial charge in [-0.3, -0.25) is 0 Å². The van der Waals surface area contributed by atoms with Gasteiger partial charge in [0.15, 0.2) is 0 Å². The quantitative estimate of drug-likeness (QED) is 0.447. The summed E-state index contributed by atoms with van der Waals surface area (Å²) in [6.45, 7) is 4.15. The lowest BCUT2D eigenvalue weighted by Gasteiger charge is -2.06. The molecule has 4 rings (SSSR count). The van der Waals surface area contributed by atoms with E-state index in [0.717, 1.165) is 16.9 Å². The number of aromatic nitrogens is 5. The van der Waals surface area contributed by atoms with Gasteiger partial charge in [-0.2, -0.15) is 4.68 Å². The molecule has 27 heavy (non-hydrogen) atoms. The second-order valence-electron chi connectivity index (χ2n) is 6.08. The van der Waals surface area contributed by atoms with E-state index < -0.39 is 0 Å². The van der Waals surface area contributed by atoms with Crippen molar-refractivity contribution in [3.63, 3.8) is 0 Å². The zero-order valence-electron chi connectivity index (χ0n) is 14.8. The molecule has 0 saturated carbocycles. The third-order valence-corrected chi connectivity index (χ3v) is 5.34. The van der Waals surface area contributed by atoms with Crippen LogP contribution in [0.25, 0.3) is 17.1 Å². The fourth-order valence-corrected chi connectivity index (χ4v) is 3.51. The average molecular weight is 398 g/mol. The number of nitrogens with zero attached hydrogens (tertiary/aromatic N) is 5. The van der Waals surface area contributed by atoms with Crippen LogP contribution in [0.15, 0.2) is 58.3 Å². The molecule has 4 aromatic rings. The summed E-state index contributed by atoms with van der Waals surface area (Å²) in [6, 6.07) is 13.6. The van der Waals surface area contributed by atoms with Crippen LogP contribution in [-0.2, 0) is 5.75 Å². The maximum absolute atomic E-state index is 6.03. The molecule has 0 radical (unpaired) electrons. The molecule has 0 unspecified atom stereocenters. The predicted octanol–water partition coefficient (Wildman–Crippen LogP) is 4.88. The van der Waals surface area contributed by atoms with E-state index in [4.69, 9.17) is 16.0 Å². The van der Waals surface area contributed by atoms with Crippen LogP contribution < -0.4 is 0 Å². The van der Waals surface area contributed by atoms with Crippen molar-refractivity contribution in [2.75, 3.05) is 0 Å². The fourth-order valence-electron chi connectivity index (χ4n) is 2.55. The van der Waals surface area contributed by atoms with E-state index in [-0.39, 0.29) is 0 Å². The van der Waals surface area contributed by atoms with Gasteiger partial charge in [0.05, 0.1) is 11.4 Å². The first-order valence-electron chi connectivity index (χ1n) is 8.29. The summed E-state index contributed by atoms with van der Waals surface area (Å²) in [4.78, 5) is 4.53. The molecule has 2 heterocycles. The lowest BCUT2D eigenvalue weighted by Crippen LogP contribution is -2.00. The Morgan fingerprint density at radius 2 is 2.00 bits per heavy atom. The van der Waals surface area contributed by atoms with Crippen molar-refractivity contribution >= 4 is 23.4 Å². The van der Waals surface area contributed by atoms with Crippen LogP contribution in [0.5, 0.6) is 0 Å². The summed E-state index contributed by atoms with van der Waals surface area (Å²) < 4.78 is 7.31. The van der Waals surface area contributed by atoms with E-state index in [1.54, 1.807) is 10.9 Å². The Morgan fingerprint density at radius 3 is 2.81 bits per heavy atom. The monoisotopic (exact) mass is 397 g/mol. The van der Waals surface area contributed by atoms with Crippen LogP contribution >= 0.6 is 23.4 Å². The molecular formula is C19H16ClN5OS. The van der Waals surface area contributed by atoms with Crippen molar-refractivity contribution in [2.45, 2.75) is 24.8 Å². The van der Waals surface area contributed by atoms with Crippen molar-refractivity contribution < 1.29 is 4.42 Å². The molecule has 0 N–H and O–H groups in total. The minimum Gasteiger partial charge on any atom is -0.444 e. The van der Waals surface area contributed by atoms with Crippen LogP contribution in [0.1, 0.15) is 16.8 Å². The molecule has 0 fully saturated rings. The van der Waals surface area contributed by atoms with Crippen LogP contribution in [0, 0.1) is 13.8 Å². The lowest BCUT2D eigenvalue weighted by molar-refractivity contribution is 0.573. The third kappa shape index (κ3) is 3.89. The van der Waals surface area contributed by atoms with Crippen molar-refractivity contribution in [1.29, 1.82) is 0 Å². The van der Waals surface area contributed by atoms with Crippen molar-refractivity contribution in [1.82, 2.24) is 25.2 Å². The number of oxazole rings is 1. The standard InChI is InChI=1S/C19H16ClN5OS/c1-12-6-7-17(8-13(12)2)25-19(22-23-24-25)27-11-16-10-26-18(21-16)14-4-3-5-15(20)9-14/h3-10H,11H2,1-2H3. The minimum absolute atomic E-state index is 0.543. The molecule has 0 saturated heterocycles. The highest BCUT2D eigenvalue weighted by molar-refractivity contribution is 7.98. The number of hydrogen-bond donors (Lipinski definition) is 0. The van der Waals surface area contributed by atoms with Gasteiger partial charge in [-0.1, -0.05) is 35.5 Å². The van der Waals surface area contributed by atoms with E-state index >= 15 is 0 Å². The summed E-state index contributed by atoms with van der Waals surface area (Å²) in [5, 5.41) is 13.4. The van der Waals surface area contributed by atoms with Gasteiger partial charge in [0.25, 0.3) is 0 Å². The molecule has 0 atom stereocenters. The third-order valence-electron chi connectivity index (χ3n) is 4.15. The van der Waals surface area contributed by atoms with Gasteiger partial charge in [-0.05, 0) is 65.7 Å². The molecule has 2 aromatic heterocycles. The maximum Gasteiger partial charge on any atom is 0.226 e. The summed E-state index contributed by atoms with van der Waals surface area (Å²) in [5.74, 6) is 1.14. The average Bonchev–Trinajstić information content (AvgIpc) is 3.31. The Morgan fingerprint density at radius 1 is 1.11 bits per heavy atom. The van der Waals surface area contributed by atoms with Crippen molar-refractivity contribution in [3.05, 3.63) is 70.6 Å². The summed E-state index contributed by atoms with van der Waals surface area (Å²) in [5.41, 5.74) is 5.02. The molecule has 0 spiro atoms. The van der Waals surface area contributed by atoms with Crippen LogP contribution in [0.3, 0.4) is 0 Å². The Bertz CT molecular complexity index is 1090. The molecule has 136 valence electrons. The van der Waals surface area contributed by atoms with Gasteiger partial charge < -0.3 is 4.42 Å². The Labute approximate surface area is 165 Å². The summed E-state index contributed by atoms with van der Waals surface area (Å²) in [6.07, 6.45) is 1.65. The Balaban J connectivity index is 1.50. The summed E-state index contributed by atoms with van der Waals surface area (Å²) in [7, 11) is 0. The first-order valence-corrected chi connectivity index (χ1v) is 9.65. The number of benzene rings is 2. The molecule has 2 aromatic carbocycles. The largest absolute Gasteiger partial charge is 0.444 e. The highest BCUT2D eigenvalue weighted by Crippen LogP contribution is 2.26. The number of aryl methyl sites for hydroxylation is 2. The fraction of sp³-hybridized carbons (Fsp3) is 0.158. The van der Waals surface area contributed by atoms with Gasteiger partial charge in [0.1, 0.15) is 6.26 Å². The second kappa shape index (κ2) is 7.54. The van der Waals surface area contributed by atoms with Gasteiger partial charge in [0.2, 0.25) is 11.0 Å². The smallest absolute Gasteiger partial charge is 0.226 e. The molecular weight excluding hydrogens is 382 g/mol. The highest BCUT2D eigenvalue weighted by atomic mass is 35.5. The van der Waals surface area contributed by atoms with Crippen molar-refractivity contribution in [2.24, 2.45) is 0 Å². The lowest BCUT2D eigenvalue weighted by atomic mass is 10.1. The number of hydrogen-bond acceptors (Lipinski definition) is 6. The number of rotatable bonds is 5. The van der Waals surface area contributed by atoms with Crippen LogP contribution in [0.2, 0.25) is 5.02 Å². The van der Waals surface area contributed by atoms with Crippen molar-refractivity contribution in [3.8, 4) is 17.1 Å². The molecule has 0 aliphatic heterocycles. The first kappa shape index (κ1) is 17.8. The molecule has 8 heteroatoms. The number of halogens is 1. The predicted molar refractivity (Wildman–Crippen MR) is 105 cm³/mol. The Hall–Kier alpha value is -2.64. The topological polar surface area (TPSA) is 69.6 Å². The highest BCUT2D eigenvalue weighted by Gasteiger charge is 2.12. The second-order valence-corrected chi connectivity index (χ2v) is 7.46.